The molecule has 0 aliphatic carbocycles. The number of rotatable bonds is 4. The predicted octanol–water partition coefficient (Wildman–Crippen LogP) is 0.783. The van der Waals surface area contributed by atoms with Gasteiger partial charge in [0, 0.05) is 12.8 Å². The summed E-state index contributed by atoms with van der Waals surface area (Å²) in [6.45, 7) is 5.15. The molecular weight excluding hydrogens is 214 g/mol. The molecule has 0 spiro atoms. The van der Waals surface area contributed by atoms with Gasteiger partial charge in [0.05, 0.1) is 7.11 Å². The van der Waals surface area contributed by atoms with Gasteiger partial charge in [-0.1, -0.05) is 0 Å². The topological polar surface area (TPSA) is 84.9 Å². The van der Waals surface area contributed by atoms with Crippen LogP contribution < -0.4 is 5.32 Å². The Labute approximate surface area is 94.9 Å². The molecule has 0 saturated carbocycles. The van der Waals surface area contributed by atoms with Crippen LogP contribution in [0.15, 0.2) is 0 Å². The maximum atomic E-state index is 11.2. The highest BCUT2D eigenvalue weighted by Crippen LogP contribution is 2.07. The molecule has 0 fully saturated rings. The van der Waals surface area contributed by atoms with E-state index in [9.17, 15) is 14.7 Å². The number of carbonyl (C=O) groups excluding carboxylic acids is 2. The van der Waals surface area contributed by atoms with Crippen LogP contribution in [0.4, 0.5) is 4.79 Å². The number of nitrogens with one attached hydrogen (secondary N) is 1. The van der Waals surface area contributed by atoms with Gasteiger partial charge >= 0.3 is 12.1 Å². The van der Waals surface area contributed by atoms with E-state index in [0.29, 0.717) is 0 Å². The summed E-state index contributed by atoms with van der Waals surface area (Å²) in [5.41, 5.74) is -0.619. The van der Waals surface area contributed by atoms with Gasteiger partial charge in [-0.05, 0) is 20.8 Å². The molecule has 0 saturated heterocycles. The van der Waals surface area contributed by atoms with Crippen LogP contribution in [0.25, 0.3) is 0 Å². The minimum absolute atomic E-state index is 0.0352. The van der Waals surface area contributed by atoms with Crippen molar-refractivity contribution in [3.05, 3.63) is 0 Å². The van der Waals surface area contributed by atoms with Crippen LogP contribution in [-0.4, -0.2) is 36.1 Å². The fraction of sp³-hybridized carbons (Fsp3) is 0.800. The van der Waals surface area contributed by atoms with E-state index in [0.717, 1.165) is 0 Å². The van der Waals surface area contributed by atoms with Crippen LogP contribution in [0.3, 0.4) is 0 Å². The van der Waals surface area contributed by atoms with Crippen molar-refractivity contribution in [3.63, 3.8) is 0 Å². The average molecular weight is 233 g/mol. The van der Waals surface area contributed by atoms with E-state index in [4.69, 9.17) is 4.74 Å². The summed E-state index contributed by atoms with van der Waals surface area (Å²) in [6, 6.07) is 0. The summed E-state index contributed by atoms with van der Waals surface area (Å²) in [4.78, 5) is 21.9. The minimum atomic E-state index is -1.12. The second-order valence-electron chi connectivity index (χ2n) is 4.28. The Hall–Kier alpha value is -1.30. The molecule has 0 bridgehead atoms. The molecule has 1 amide bonds. The van der Waals surface area contributed by atoms with E-state index in [2.05, 4.69) is 10.1 Å². The van der Waals surface area contributed by atoms with Gasteiger partial charge in [-0.25, -0.2) is 4.79 Å². The van der Waals surface area contributed by atoms with Gasteiger partial charge in [-0.3, -0.25) is 10.1 Å². The first-order valence-electron chi connectivity index (χ1n) is 4.99. The Morgan fingerprint density at radius 3 is 2.38 bits per heavy atom. The van der Waals surface area contributed by atoms with Gasteiger partial charge in [0.1, 0.15) is 11.8 Å². The van der Waals surface area contributed by atoms with Gasteiger partial charge < -0.3 is 14.6 Å². The van der Waals surface area contributed by atoms with Crippen LogP contribution in [0.5, 0.6) is 0 Å². The summed E-state index contributed by atoms with van der Waals surface area (Å²) in [5, 5.41) is 11.5. The number of hydrogen-bond acceptors (Lipinski definition) is 5. The second kappa shape index (κ2) is 6.32. The van der Waals surface area contributed by atoms with Crippen LogP contribution in [0, 0.1) is 0 Å². The smallest absolute Gasteiger partial charge is 0.409 e. The number of hydrogen-bond donors (Lipinski definition) is 2. The van der Waals surface area contributed by atoms with Crippen LogP contribution in [0.1, 0.15) is 33.6 Å². The molecule has 0 aliphatic heterocycles. The highest BCUT2D eigenvalue weighted by molar-refractivity contribution is 5.70. The standard InChI is InChI=1S/C10H19NO5/c1-10(2,3)16-9(14)11-7(12)5-6-8(13)15-4/h7,12H,5-6H2,1-4H3,(H,11,14). The quantitative estimate of drug-likeness (QED) is 0.553. The number of aliphatic hydroxyl groups excluding tert-OH is 1. The first-order valence-corrected chi connectivity index (χ1v) is 4.99. The summed E-state index contributed by atoms with van der Waals surface area (Å²) < 4.78 is 9.31. The molecule has 0 aromatic carbocycles. The molecule has 1 unspecified atom stereocenters. The lowest BCUT2D eigenvalue weighted by Crippen LogP contribution is -2.39. The van der Waals surface area contributed by atoms with Crippen molar-refractivity contribution < 1.29 is 24.2 Å². The van der Waals surface area contributed by atoms with Crippen molar-refractivity contribution >= 4 is 12.1 Å². The molecule has 0 aromatic heterocycles. The lowest BCUT2D eigenvalue weighted by molar-refractivity contribution is -0.141. The average Bonchev–Trinajstić information content (AvgIpc) is 2.10. The first kappa shape index (κ1) is 14.7. The number of amides is 1. The third kappa shape index (κ3) is 8.05. The van der Waals surface area contributed by atoms with Gasteiger partial charge in [0.2, 0.25) is 0 Å². The highest BCUT2D eigenvalue weighted by Gasteiger charge is 2.18. The normalized spacial score (nSPS) is 12.8. The maximum Gasteiger partial charge on any atom is 0.409 e. The molecule has 2 N–H and O–H groups in total. The molecule has 0 radical (unpaired) electrons. The van der Waals surface area contributed by atoms with Gasteiger partial charge in [0.25, 0.3) is 0 Å². The first-order chi connectivity index (χ1) is 7.24. The molecule has 0 aromatic rings. The highest BCUT2D eigenvalue weighted by atomic mass is 16.6. The molecule has 16 heavy (non-hydrogen) atoms. The van der Waals surface area contributed by atoms with E-state index in [1.807, 2.05) is 0 Å². The maximum absolute atomic E-state index is 11.2. The fourth-order valence-corrected chi connectivity index (χ4v) is 0.872. The summed E-state index contributed by atoms with van der Waals surface area (Å²) >= 11 is 0. The van der Waals surface area contributed by atoms with Crippen molar-refractivity contribution in [2.45, 2.75) is 45.4 Å². The molecule has 94 valence electrons. The number of esters is 1. The van der Waals surface area contributed by atoms with Crippen molar-refractivity contribution in [1.82, 2.24) is 5.32 Å². The number of alkyl carbamates (subject to hydrolysis) is 1. The van der Waals surface area contributed by atoms with E-state index in [1.54, 1.807) is 20.8 Å². The minimum Gasteiger partial charge on any atom is -0.469 e. The van der Waals surface area contributed by atoms with Gasteiger partial charge in [-0.2, -0.15) is 0 Å². The molecule has 0 heterocycles. The Morgan fingerprint density at radius 1 is 1.38 bits per heavy atom. The molecule has 0 rings (SSSR count). The summed E-state index contributed by atoms with van der Waals surface area (Å²) in [7, 11) is 1.26. The molecule has 0 aliphatic rings. The van der Waals surface area contributed by atoms with Crippen molar-refractivity contribution in [2.75, 3.05) is 7.11 Å². The largest absolute Gasteiger partial charge is 0.469 e. The number of aliphatic hydroxyl groups is 1. The Kier molecular flexibility index (Phi) is 5.81. The number of ether oxygens (including phenoxy) is 2. The molecule has 6 heteroatoms. The van der Waals surface area contributed by atoms with E-state index in [-0.39, 0.29) is 12.8 Å². The monoisotopic (exact) mass is 233 g/mol. The zero-order chi connectivity index (χ0) is 12.8. The zero-order valence-electron chi connectivity index (χ0n) is 10.1. The summed E-state index contributed by atoms with van der Waals surface area (Å²) in [5.74, 6) is -0.440. The van der Waals surface area contributed by atoms with Crippen LogP contribution >= 0.6 is 0 Å². The van der Waals surface area contributed by atoms with Crippen LogP contribution in [0.2, 0.25) is 0 Å². The Morgan fingerprint density at radius 2 is 1.94 bits per heavy atom. The number of methoxy groups -OCH3 is 1. The Bertz CT molecular complexity index is 246. The Balaban J connectivity index is 3.83. The molecule has 1 atom stereocenters. The van der Waals surface area contributed by atoms with Gasteiger partial charge in [-0.15, -0.1) is 0 Å². The molecule has 6 nitrogen and oxygen atoms in total. The third-order valence-corrected chi connectivity index (χ3v) is 1.53. The van der Waals surface area contributed by atoms with E-state index < -0.39 is 23.9 Å². The van der Waals surface area contributed by atoms with E-state index >= 15 is 0 Å². The second-order valence-corrected chi connectivity index (χ2v) is 4.28. The third-order valence-electron chi connectivity index (χ3n) is 1.53. The van der Waals surface area contributed by atoms with Crippen molar-refractivity contribution in [1.29, 1.82) is 0 Å². The summed E-state index contributed by atoms with van der Waals surface area (Å²) in [6.07, 6.45) is -1.71. The lowest BCUT2D eigenvalue weighted by Gasteiger charge is -2.21. The fourth-order valence-electron chi connectivity index (χ4n) is 0.872. The van der Waals surface area contributed by atoms with Gasteiger partial charge in [0.15, 0.2) is 0 Å². The molecular formula is C10H19NO5. The SMILES string of the molecule is COC(=O)CCC(O)NC(=O)OC(C)(C)C. The number of carbonyl (C=O) groups is 2. The predicted molar refractivity (Wildman–Crippen MR) is 56.6 cm³/mol. The van der Waals surface area contributed by atoms with Crippen LogP contribution in [-0.2, 0) is 14.3 Å². The van der Waals surface area contributed by atoms with Crippen molar-refractivity contribution in [3.8, 4) is 0 Å². The van der Waals surface area contributed by atoms with E-state index in [1.165, 1.54) is 7.11 Å². The zero-order valence-corrected chi connectivity index (χ0v) is 10.1. The van der Waals surface area contributed by atoms with Crippen molar-refractivity contribution in [2.24, 2.45) is 0 Å². The lowest BCUT2D eigenvalue weighted by atomic mass is 10.2.